The minimum atomic E-state index is -4.89. The quantitative estimate of drug-likeness (QED) is 0.768. The zero-order valence-corrected chi connectivity index (χ0v) is 8.88. The van der Waals surface area contributed by atoms with Crippen LogP contribution in [0.4, 0.5) is 13.2 Å². The van der Waals surface area contributed by atoms with E-state index in [1.807, 2.05) is 0 Å². The van der Waals surface area contributed by atoms with Crippen LogP contribution in [-0.2, 0) is 9.53 Å². The molecule has 0 radical (unpaired) electrons. The molecule has 1 saturated heterocycles. The SMILES string of the molecule is CN(CC1(O)CCOCC1)C(=O)C(F)(F)F. The monoisotopic (exact) mass is 241 g/mol. The van der Waals surface area contributed by atoms with Gasteiger partial charge in [0.25, 0.3) is 0 Å². The average Bonchev–Trinajstić information content (AvgIpc) is 2.15. The topological polar surface area (TPSA) is 49.8 Å². The first-order chi connectivity index (χ1) is 7.25. The molecule has 0 atom stereocenters. The van der Waals surface area contributed by atoms with Crippen LogP contribution in [0.3, 0.4) is 0 Å². The van der Waals surface area contributed by atoms with Crippen LogP contribution in [0.5, 0.6) is 0 Å². The fraction of sp³-hybridized carbons (Fsp3) is 0.889. The van der Waals surface area contributed by atoms with Crippen LogP contribution in [0.15, 0.2) is 0 Å². The fourth-order valence-electron chi connectivity index (χ4n) is 1.64. The van der Waals surface area contributed by atoms with E-state index >= 15 is 0 Å². The van der Waals surface area contributed by atoms with Crippen LogP contribution in [0.25, 0.3) is 0 Å². The molecule has 0 aliphatic carbocycles. The number of amides is 1. The zero-order valence-electron chi connectivity index (χ0n) is 8.88. The van der Waals surface area contributed by atoms with Gasteiger partial charge in [-0.05, 0) is 0 Å². The maximum Gasteiger partial charge on any atom is 0.471 e. The Kier molecular flexibility index (Phi) is 3.80. The standard InChI is InChI=1S/C9H14F3NO3/c1-13(7(14)9(10,11)12)6-8(15)2-4-16-5-3-8/h15H,2-6H2,1H3. The molecule has 1 aliphatic rings. The van der Waals surface area contributed by atoms with Crippen molar-refractivity contribution < 1.29 is 27.8 Å². The molecule has 0 aromatic rings. The summed E-state index contributed by atoms with van der Waals surface area (Å²) < 4.78 is 41.2. The van der Waals surface area contributed by atoms with Gasteiger partial charge in [-0.1, -0.05) is 0 Å². The summed E-state index contributed by atoms with van der Waals surface area (Å²) >= 11 is 0. The molecule has 1 fully saturated rings. The number of ether oxygens (including phenoxy) is 1. The van der Waals surface area contributed by atoms with Crippen molar-refractivity contribution in [3.8, 4) is 0 Å². The van der Waals surface area contributed by atoms with Gasteiger partial charge >= 0.3 is 12.1 Å². The van der Waals surface area contributed by atoms with E-state index in [0.29, 0.717) is 18.1 Å². The summed E-state index contributed by atoms with van der Waals surface area (Å²) in [5.74, 6) is -1.94. The van der Waals surface area contributed by atoms with Crippen molar-refractivity contribution in [1.82, 2.24) is 4.90 Å². The molecule has 1 rings (SSSR count). The highest BCUT2D eigenvalue weighted by molar-refractivity contribution is 5.81. The van der Waals surface area contributed by atoms with E-state index in [-0.39, 0.29) is 19.4 Å². The van der Waals surface area contributed by atoms with Gasteiger partial charge in [0, 0.05) is 39.6 Å². The van der Waals surface area contributed by atoms with E-state index in [2.05, 4.69) is 0 Å². The zero-order chi connectivity index (χ0) is 12.4. The second-order valence-electron chi connectivity index (χ2n) is 4.00. The Balaban J connectivity index is 2.56. The van der Waals surface area contributed by atoms with Crippen molar-refractivity contribution in [2.75, 3.05) is 26.8 Å². The summed E-state index contributed by atoms with van der Waals surface area (Å²) in [7, 11) is 1.03. The van der Waals surface area contributed by atoms with Gasteiger partial charge in [0.05, 0.1) is 5.60 Å². The maximum absolute atomic E-state index is 12.1. The Morgan fingerprint density at radius 3 is 2.38 bits per heavy atom. The number of alkyl halides is 3. The third kappa shape index (κ3) is 3.34. The van der Waals surface area contributed by atoms with Gasteiger partial charge in [0.1, 0.15) is 0 Å². The summed E-state index contributed by atoms with van der Waals surface area (Å²) in [5, 5.41) is 9.92. The highest BCUT2D eigenvalue weighted by Crippen LogP contribution is 2.24. The van der Waals surface area contributed by atoms with E-state index in [1.54, 1.807) is 0 Å². The Morgan fingerprint density at radius 1 is 1.44 bits per heavy atom. The minimum absolute atomic E-state index is 0.239. The molecule has 0 aromatic carbocycles. The molecule has 4 nitrogen and oxygen atoms in total. The first-order valence-corrected chi connectivity index (χ1v) is 4.87. The van der Waals surface area contributed by atoms with E-state index in [9.17, 15) is 23.1 Å². The van der Waals surface area contributed by atoms with Gasteiger partial charge in [0.2, 0.25) is 0 Å². The van der Waals surface area contributed by atoms with Crippen molar-refractivity contribution in [3.05, 3.63) is 0 Å². The second kappa shape index (κ2) is 4.58. The number of nitrogens with zero attached hydrogens (tertiary/aromatic N) is 1. The lowest BCUT2D eigenvalue weighted by molar-refractivity contribution is -0.188. The van der Waals surface area contributed by atoms with Gasteiger partial charge in [-0.15, -0.1) is 0 Å². The summed E-state index contributed by atoms with van der Waals surface area (Å²) in [6.07, 6.45) is -4.42. The van der Waals surface area contributed by atoms with Gasteiger partial charge < -0.3 is 14.7 Å². The first kappa shape index (κ1) is 13.2. The Hall–Kier alpha value is -0.820. The molecule has 0 aromatic heterocycles. The van der Waals surface area contributed by atoms with Gasteiger partial charge in [-0.2, -0.15) is 13.2 Å². The number of hydrogen-bond donors (Lipinski definition) is 1. The molecule has 0 unspecified atom stereocenters. The Morgan fingerprint density at radius 2 is 1.94 bits per heavy atom. The molecule has 94 valence electrons. The molecule has 1 amide bonds. The molecule has 0 spiro atoms. The number of carbonyl (C=O) groups is 1. The van der Waals surface area contributed by atoms with Crippen molar-refractivity contribution in [1.29, 1.82) is 0 Å². The maximum atomic E-state index is 12.1. The lowest BCUT2D eigenvalue weighted by Gasteiger charge is -2.35. The Labute approximate surface area is 91.0 Å². The van der Waals surface area contributed by atoms with Crippen LogP contribution in [0.2, 0.25) is 0 Å². The van der Waals surface area contributed by atoms with Crippen molar-refractivity contribution >= 4 is 5.91 Å². The normalized spacial score (nSPS) is 20.6. The lowest BCUT2D eigenvalue weighted by Crippen LogP contribution is -2.50. The number of hydrogen-bond acceptors (Lipinski definition) is 3. The van der Waals surface area contributed by atoms with Gasteiger partial charge in [-0.3, -0.25) is 4.79 Å². The predicted octanol–water partition coefficient (Wildman–Crippen LogP) is 0.549. The number of likely N-dealkylation sites (N-methyl/N-ethyl adjacent to an activating group) is 1. The molecule has 1 heterocycles. The van der Waals surface area contributed by atoms with Crippen molar-refractivity contribution in [2.24, 2.45) is 0 Å². The molecule has 16 heavy (non-hydrogen) atoms. The first-order valence-electron chi connectivity index (χ1n) is 4.87. The predicted molar refractivity (Wildman–Crippen MR) is 48.7 cm³/mol. The number of rotatable bonds is 2. The molecule has 0 saturated carbocycles. The second-order valence-corrected chi connectivity index (χ2v) is 4.00. The van der Waals surface area contributed by atoms with Crippen LogP contribution in [-0.4, -0.2) is 54.5 Å². The summed E-state index contributed by atoms with van der Waals surface area (Å²) in [4.78, 5) is 11.3. The number of carbonyl (C=O) groups excluding carboxylic acids is 1. The largest absolute Gasteiger partial charge is 0.471 e. The fourth-order valence-corrected chi connectivity index (χ4v) is 1.64. The molecule has 1 aliphatic heterocycles. The van der Waals surface area contributed by atoms with Gasteiger partial charge in [0.15, 0.2) is 0 Å². The van der Waals surface area contributed by atoms with E-state index in [4.69, 9.17) is 4.74 Å². The smallest absolute Gasteiger partial charge is 0.388 e. The van der Waals surface area contributed by atoms with E-state index < -0.39 is 17.7 Å². The van der Waals surface area contributed by atoms with E-state index in [0.717, 1.165) is 7.05 Å². The molecule has 0 bridgehead atoms. The van der Waals surface area contributed by atoms with Crippen molar-refractivity contribution in [2.45, 2.75) is 24.6 Å². The summed E-state index contributed by atoms with van der Waals surface area (Å²) in [6, 6.07) is 0. The molecule has 7 heteroatoms. The molecule has 1 N–H and O–H groups in total. The van der Waals surface area contributed by atoms with Crippen molar-refractivity contribution in [3.63, 3.8) is 0 Å². The minimum Gasteiger partial charge on any atom is -0.388 e. The summed E-state index contributed by atoms with van der Waals surface area (Å²) in [6.45, 7) is 0.268. The van der Waals surface area contributed by atoms with Crippen LogP contribution in [0.1, 0.15) is 12.8 Å². The molecular weight excluding hydrogens is 227 g/mol. The summed E-state index contributed by atoms with van der Waals surface area (Å²) in [5.41, 5.74) is -1.27. The lowest BCUT2D eigenvalue weighted by atomic mass is 9.94. The van der Waals surface area contributed by atoms with Crippen LogP contribution in [0, 0.1) is 0 Å². The van der Waals surface area contributed by atoms with E-state index in [1.165, 1.54) is 0 Å². The van der Waals surface area contributed by atoms with Crippen LogP contribution >= 0.6 is 0 Å². The number of aliphatic hydroxyl groups is 1. The van der Waals surface area contributed by atoms with Crippen LogP contribution < -0.4 is 0 Å². The Bertz CT molecular complexity index is 261. The highest BCUT2D eigenvalue weighted by Gasteiger charge is 2.43. The third-order valence-corrected chi connectivity index (χ3v) is 2.54. The molecular formula is C9H14F3NO3. The van der Waals surface area contributed by atoms with Gasteiger partial charge in [-0.25, -0.2) is 0 Å². The average molecular weight is 241 g/mol. The highest BCUT2D eigenvalue weighted by atomic mass is 19.4. The number of halogens is 3. The third-order valence-electron chi connectivity index (χ3n) is 2.54.